The number of nitrogens with one attached hydrogen (secondary N) is 2. The zero-order chi connectivity index (χ0) is 22.3. The minimum absolute atomic E-state index is 0.371. The summed E-state index contributed by atoms with van der Waals surface area (Å²) in [6.45, 7) is 7.54. The SMILES string of the molecule is CN=C(NCc1cccc(CN2CCOCC2)c1)NCc1ccc(S(C)(=O)=O)c(C)c1. The molecule has 0 bridgehead atoms. The van der Waals surface area contributed by atoms with Crippen molar-refractivity contribution >= 4 is 15.8 Å². The van der Waals surface area contributed by atoms with Gasteiger partial charge in [0.2, 0.25) is 0 Å². The fourth-order valence-electron chi connectivity index (χ4n) is 3.69. The topological polar surface area (TPSA) is 83.0 Å². The molecule has 2 N–H and O–H groups in total. The van der Waals surface area contributed by atoms with Crippen molar-refractivity contribution in [2.75, 3.05) is 39.6 Å². The molecule has 1 aliphatic heterocycles. The molecule has 2 aromatic rings. The van der Waals surface area contributed by atoms with Crippen molar-refractivity contribution in [3.05, 3.63) is 64.7 Å². The molecule has 1 aliphatic rings. The summed E-state index contributed by atoms with van der Waals surface area (Å²) >= 11 is 0. The molecule has 7 nitrogen and oxygen atoms in total. The second-order valence-corrected chi connectivity index (χ2v) is 9.84. The zero-order valence-corrected chi connectivity index (χ0v) is 19.3. The fraction of sp³-hybridized carbons (Fsp3) is 0.435. The van der Waals surface area contributed by atoms with Crippen molar-refractivity contribution in [1.29, 1.82) is 0 Å². The molecule has 31 heavy (non-hydrogen) atoms. The number of rotatable bonds is 7. The first-order chi connectivity index (χ1) is 14.8. The first-order valence-corrected chi connectivity index (χ1v) is 12.4. The smallest absolute Gasteiger partial charge is 0.191 e. The first-order valence-electron chi connectivity index (χ1n) is 10.5. The van der Waals surface area contributed by atoms with Gasteiger partial charge in [-0.2, -0.15) is 0 Å². The Balaban J connectivity index is 1.53. The van der Waals surface area contributed by atoms with Gasteiger partial charge in [0.05, 0.1) is 18.1 Å². The lowest BCUT2D eigenvalue weighted by atomic mass is 10.1. The van der Waals surface area contributed by atoms with E-state index in [1.807, 2.05) is 19.1 Å². The standard InChI is InChI=1S/C23H32N4O3S/c1-18-13-20(7-8-22(18)31(3,28)29)16-26-23(24-2)25-15-19-5-4-6-21(14-19)17-27-9-11-30-12-10-27/h4-8,13-14H,9-12,15-17H2,1-3H3,(H2,24,25,26). The van der Waals surface area contributed by atoms with Crippen LogP contribution in [0.2, 0.25) is 0 Å². The van der Waals surface area contributed by atoms with Gasteiger partial charge in [0, 0.05) is 46.0 Å². The van der Waals surface area contributed by atoms with Crippen LogP contribution in [0, 0.1) is 6.92 Å². The predicted molar refractivity (Wildman–Crippen MR) is 124 cm³/mol. The van der Waals surface area contributed by atoms with Crippen LogP contribution >= 0.6 is 0 Å². The number of nitrogens with zero attached hydrogens (tertiary/aromatic N) is 2. The minimum Gasteiger partial charge on any atom is -0.379 e. The number of sulfone groups is 1. The Morgan fingerprint density at radius 3 is 2.29 bits per heavy atom. The molecule has 2 aromatic carbocycles. The molecule has 0 unspecified atom stereocenters. The Morgan fingerprint density at radius 1 is 1.03 bits per heavy atom. The van der Waals surface area contributed by atoms with Gasteiger partial charge in [-0.1, -0.05) is 36.4 Å². The summed E-state index contributed by atoms with van der Waals surface area (Å²) in [5.41, 5.74) is 4.25. The van der Waals surface area contributed by atoms with Gasteiger partial charge in [0.25, 0.3) is 0 Å². The molecule has 3 rings (SSSR count). The molecule has 0 amide bonds. The number of guanidine groups is 1. The highest BCUT2D eigenvalue weighted by Gasteiger charge is 2.12. The summed E-state index contributed by atoms with van der Waals surface area (Å²) in [6.07, 6.45) is 1.23. The van der Waals surface area contributed by atoms with Crippen LogP contribution < -0.4 is 10.6 Å². The van der Waals surface area contributed by atoms with E-state index in [1.165, 1.54) is 17.4 Å². The third-order valence-corrected chi connectivity index (χ3v) is 6.54. The van der Waals surface area contributed by atoms with Gasteiger partial charge in [0.15, 0.2) is 15.8 Å². The van der Waals surface area contributed by atoms with Gasteiger partial charge in [-0.15, -0.1) is 0 Å². The molecule has 0 radical (unpaired) electrons. The van der Waals surface area contributed by atoms with E-state index in [0.29, 0.717) is 23.9 Å². The number of hydrogen-bond donors (Lipinski definition) is 2. The Morgan fingerprint density at radius 2 is 1.68 bits per heavy atom. The Labute approximate surface area is 185 Å². The largest absolute Gasteiger partial charge is 0.379 e. The fourth-order valence-corrected chi connectivity index (χ4v) is 4.64. The van der Waals surface area contributed by atoms with E-state index in [9.17, 15) is 8.42 Å². The van der Waals surface area contributed by atoms with Crippen LogP contribution in [0.25, 0.3) is 0 Å². The van der Waals surface area contributed by atoms with Crippen LogP contribution in [-0.4, -0.2) is 58.9 Å². The lowest BCUT2D eigenvalue weighted by Gasteiger charge is -2.26. The predicted octanol–water partition coefficient (Wildman–Crippen LogP) is 2.10. The molecule has 0 aromatic heterocycles. The molecule has 168 valence electrons. The van der Waals surface area contributed by atoms with Crippen molar-refractivity contribution in [3.63, 3.8) is 0 Å². The van der Waals surface area contributed by atoms with Crippen molar-refractivity contribution in [2.24, 2.45) is 4.99 Å². The second kappa shape index (κ2) is 10.7. The number of aryl methyl sites for hydroxylation is 1. The van der Waals surface area contributed by atoms with Crippen LogP contribution in [0.1, 0.15) is 22.3 Å². The van der Waals surface area contributed by atoms with Crippen molar-refractivity contribution in [2.45, 2.75) is 31.5 Å². The van der Waals surface area contributed by atoms with Gasteiger partial charge in [-0.25, -0.2) is 8.42 Å². The normalized spacial score (nSPS) is 15.6. The van der Waals surface area contributed by atoms with Crippen LogP contribution in [0.3, 0.4) is 0 Å². The molecule has 0 spiro atoms. The van der Waals surface area contributed by atoms with E-state index < -0.39 is 9.84 Å². The van der Waals surface area contributed by atoms with Crippen LogP contribution in [0.5, 0.6) is 0 Å². The quantitative estimate of drug-likeness (QED) is 0.503. The number of aliphatic imine (C=N–C) groups is 1. The van der Waals surface area contributed by atoms with Crippen LogP contribution in [0.15, 0.2) is 52.4 Å². The van der Waals surface area contributed by atoms with Gasteiger partial charge in [-0.3, -0.25) is 9.89 Å². The maximum Gasteiger partial charge on any atom is 0.191 e. The lowest BCUT2D eigenvalue weighted by Crippen LogP contribution is -2.36. The molecule has 8 heteroatoms. The van der Waals surface area contributed by atoms with E-state index in [-0.39, 0.29) is 0 Å². The van der Waals surface area contributed by atoms with Crippen LogP contribution in [-0.2, 0) is 34.2 Å². The summed E-state index contributed by atoms with van der Waals surface area (Å²) < 4.78 is 29.0. The molecular formula is C23H32N4O3S. The molecular weight excluding hydrogens is 412 g/mol. The number of benzene rings is 2. The summed E-state index contributed by atoms with van der Waals surface area (Å²) in [5, 5.41) is 6.64. The Kier molecular flexibility index (Phi) is 8.06. The van der Waals surface area contributed by atoms with Gasteiger partial charge in [0.1, 0.15) is 0 Å². The van der Waals surface area contributed by atoms with E-state index in [4.69, 9.17) is 4.74 Å². The second-order valence-electron chi connectivity index (χ2n) is 7.86. The van der Waals surface area contributed by atoms with E-state index in [0.717, 1.165) is 44.0 Å². The minimum atomic E-state index is -3.20. The highest BCUT2D eigenvalue weighted by Crippen LogP contribution is 2.16. The van der Waals surface area contributed by atoms with Gasteiger partial charge >= 0.3 is 0 Å². The Bertz CT molecular complexity index is 1020. The third-order valence-electron chi connectivity index (χ3n) is 5.28. The molecule has 1 saturated heterocycles. The third kappa shape index (κ3) is 7.05. The molecule has 1 heterocycles. The summed E-state index contributed by atoms with van der Waals surface area (Å²) in [5.74, 6) is 0.698. The number of morpholine rings is 1. The van der Waals surface area contributed by atoms with Crippen LogP contribution in [0.4, 0.5) is 0 Å². The lowest BCUT2D eigenvalue weighted by molar-refractivity contribution is 0.0342. The maximum absolute atomic E-state index is 11.8. The monoisotopic (exact) mass is 444 g/mol. The number of ether oxygens (including phenoxy) is 1. The maximum atomic E-state index is 11.8. The zero-order valence-electron chi connectivity index (χ0n) is 18.5. The summed E-state index contributed by atoms with van der Waals surface area (Å²) in [6, 6.07) is 14.0. The molecule has 1 fully saturated rings. The Hall–Kier alpha value is -2.42. The van der Waals surface area contributed by atoms with Crippen molar-refractivity contribution in [1.82, 2.24) is 15.5 Å². The van der Waals surface area contributed by atoms with Gasteiger partial charge < -0.3 is 15.4 Å². The van der Waals surface area contributed by atoms with E-state index in [2.05, 4.69) is 44.8 Å². The highest BCUT2D eigenvalue weighted by molar-refractivity contribution is 7.90. The number of hydrogen-bond acceptors (Lipinski definition) is 5. The average molecular weight is 445 g/mol. The van der Waals surface area contributed by atoms with Crippen molar-refractivity contribution < 1.29 is 13.2 Å². The van der Waals surface area contributed by atoms with Gasteiger partial charge in [-0.05, 0) is 35.2 Å². The summed E-state index contributed by atoms with van der Waals surface area (Å²) in [7, 11) is -1.47. The molecule has 0 aliphatic carbocycles. The summed E-state index contributed by atoms with van der Waals surface area (Å²) in [4.78, 5) is 7.07. The molecule has 0 saturated carbocycles. The molecule has 0 atom stereocenters. The first kappa shape index (κ1) is 23.2. The highest BCUT2D eigenvalue weighted by atomic mass is 32.2. The van der Waals surface area contributed by atoms with Crippen molar-refractivity contribution in [3.8, 4) is 0 Å². The van der Waals surface area contributed by atoms with E-state index in [1.54, 1.807) is 13.1 Å². The van der Waals surface area contributed by atoms with E-state index >= 15 is 0 Å². The average Bonchev–Trinajstić information content (AvgIpc) is 2.74.